The van der Waals surface area contributed by atoms with E-state index in [0.717, 1.165) is 24.3 Å². The van der Waals surface area contributed by atoms with Gasteiger partial charge in [0.1, 0.15) is 0 Å². The monoisotopic (exact) mass is 311 g/mol. The first-order valence-electron chi connectivity index (χ1n) is 7.99. The molecule has 2 aliphatic rings. The molecule has 0 radical (unpaired) electrons. The van der Waals surface area contributed by atoms with E-state index < -0.39 is 5.60 Å². The van der Waals surface area contributed by atoms with Crippen LogP contribution in [0.4, 0.5) is 0 Å². The van der Waals surface area contributed by atoms with Crippen molar-refractivity contribution in [2.45, 2.75) is 24.5 Å². The third-order valence-corrected chi connectivity index (χ3v) is 5.88. The van der Waals surface area contributed by atoms with E-state index in [0.29, 0.717) is 6.54 Å². The van der Waals surface area contributed by atoms with Crippen LogP contribution >= 0.6 is 11.8 Å². The van der Waals surface area contributed by atoms with Gasteiger partial charge in [-0.2, -0.15) is 11.8 Å². The van der Waals surface area contributed by atoms with Crippen molar-refractivity contribution in [3.63, 3.8) is 0 Å². The van der Waals surface area contributed by atoms with Gasteiger partial charge in [-0.1, -0.05) is 48.5 Å². The lowest BCUT2D eigenvalue weighted by atomic mass is 9.95. The lowest BCUT2D eigenvalue weighted by molar-refractivity contribution is 0.0307. The summed E-state index contributed by atoms with van der Waals surface area (Å²) >= 11 is 1.94. The molecule has 2 N–H and O–H groups in total. The Hall–Kier alpha value is -1.29. The summed E-state index contributed by atoms with van der Waals surface area (Å²) < 4.78 is 0. The molecule has 0 aromatic heterocycles. The molecule has 2 nitrogen and oxygen atoms in total. The number of fused-ring (bicyclic) bond motifs is 3. The van der Waals surface area contributed by atoms with Crippen molar-refractivity contribution < 1.29 is 5.11 Å². The molecule has 22 heavy (non-hydrogen) atoms. The predicted molar refractivity (Wildman–Crippen MR) is 93.2 cm³/mol. The third-order valence-electron chi connectivity index (χ3n) is 4.89. The van der Waals surface area contributed by atoms with Crippen LogP contribution in [0.15, 0.2) is 48.5 Å². The van der Waals surface area contributed by atoms with Crippen molar-refractivity contribution in [3.05, 3.63) is 59.7 Å². The number of rotatable bonds is 3. The summed E-state index contributed by atoms with van der Waals surface area (Å²) in [5, 5.41) is 14.4. The number of thioether (sulfide) groups is 1. The first-order chi connectivity index (χ1) is 10.8. The zero-order valence-corrected chi connectivity index (χ0v) is 13.4. The molecule has 1 aliphatic carbocycles. The molecule has 1 fully saturated rings. The minimum Gasteiger partial charge on any atom is -0.389 e. The van der Waals surface area contributed by atoms with Crippen LogP contribution in [0, 0.1) is 0 Å². The Labute approximate surface area is 135 Å². The maximum Gasteiger partial charge on any atom is 0.0787 e. The Balaban J connectivity index is 1.61. The van der Waals surface area contributed by atoms with Gasteiger partial charge in [0.2, 0.25) is 0 Å². The van der Waals surface area contributed by atoms with Gasteiger partial charge < -0.3 is 10.4 Å². The number of hydrogen-bond donors (Lipinski definition) is 2. The quantitative estimate of drug-likeness (QED) is 0.908. The average Bonchev–Trinajstić information content (AvgIpc) is 2.88. The Morgan fingerprint density at radius 3 is 2.09 bits per heavy atom. The van der Waals surface area contributed by atoms with Crippen molar-refractivity contribution in [2.75, 3.05) is 18.1 Å². The minimum absolute atomic E-state index is 0.200. The SMILES string of the molecule is OC1(CNC2c3ccccc3-c3ccccc32)CCSCC1. The largest absolute Gasteiger partial charge is 0.389 e. The number of aliphatic hydroxyl groups is 1. The Kier molecular flexibility index (Phi) is 3.73. The van der Waals surface area contributed by atoms with Crippen LogP contribution in [0.2, 0.25) is 0 Å². The van der Waals surface area contributed by atoms with Crippen LogP contribution in [0.25, 0.3) is 11.1 Å². The van der Waals surface area contributed by atoms with E-state index in [-0.39, 0.29) is 6.04 Å². The van der Waals surface area contributed by atoms with Crippen molar-refractivity contribution in [3.8, 4) is 11.1 Å². The van der Waals surface area contributed by atoms with Crippen LogP contribution in [0.1, 0.15) is 30.0 Å². The molecule has 0 unspecified atom stereocenters. The van der Waals surface area contributed by atoms with Gasteiger partial charge in [-0.3, -0.25) is 0 Å². The molecule has 2 aromatic rings. The van der Waals surface area contributed by atoms with E-state index in [4.69, 9.17) is 0 Å². The smallest absolute Gasteiger partial charge is 0.0787 e. The fourth-order valence-corrected chi connectivity index (χ4v) is 4.85. The summed E-state index contributed by atoms with van der Waals surface area (Å²) in [7, 11) is 0. The van der Waals surface area contributed by atoms with E-state index in [2.05, 4.69) is 53.8 Å². The molecule has 0 spiro atoms. The molecule has 114 valence electrons. The topological polar surface area (TPSA) is 32.3 Å². The Bertz CT molecular complexity index is 633. The molecule has 2 aromatic carbocycles. The lowest BCUT2D eigenvalue weighted by Crippen LogP contribution is -2.44. The number of hydrogen-bond acceptors (Lipinski definition) is 3. The second-order valence-electron chi connectivity index (χ2n) is 6.33. The van der Waals surface area contributed by atoms with E-state index in [1.807, 2.05) is 11.8 Å². The molecule has 1 aliphatic heterocycles. The van der Waals surface area contributed by atoms with Gasteiger partial charge in [-0.25, -0.2) is 0 Å². The van der Waals surface area contributed by atoms with Gasteiger partial charge in [0.15, 0.2) is 0 Å². The molecular weight excluding hydrogens is 290 g/mol. The second-order valence-corrected chi connectivity index (χ2v) is 7.55. The van der Waals surface area contributed by atoms with Gasteiger partial charge in [-0.15, -0.1) is 0 Å². The third kappa shape index (κ3) is 2.47. The molecule has 0 amide bonds. The summed E-state index contributed by atoms with van der Waals surface area (Å²) in [6.45, 7) is 0.668. The average molecular weight is 311 g/mol. The molecule has 1 heterocycles. The molecular formula is C19H21NOS. The normalized spacial score (nSPS) is 19.7. The van der Waals surface area contributed by atoms with E-state index in [1.165, 1.54) is 22.3 Å². The molecule has 4 rings (SSSR count). The van der Waals surface area contributed by atoms with Crippen LogP contribution < -0.4 is 5.32 Å². The highest BCUT2D eigenvalue weighted by molar-refractivity contribution is 7.99. The first kappa shape index (κ1) is 14.3. The number of nitrogens with one attached hydrogen (secondary N) is 1. The van der Waals surface area contributed by atoms with Crippen LogP contribution in [-0.4, -0.2) is 28.8 Å². The maximum absolute atomic E-state index is 10.8. The summed E-state index contributed by atoms with van der Waals surface area (Å²) in [5.74, 6) is 2.13. The Morgan fingerprint density at radius 1 is 0.955 bits per heavy atom. The minimum atomic E-state index is -0.544. The summed E-state index contributed by atoms with van der Waals surface area (Å²) in [4.78, 5) is 0. The van der Waals surface area contributed by atoms with Gasteiger partial charge >= 0.3 is 0 Å². The lowest BCUT2D eigenvalue weighted by Gasteiger charge is -2.33. The van der Waals surface area contributed by atoms with Gasteiger partial charge in [0.25, 0.3) is 0 Å². The van der Waals surface area contributed by atoms with Crippen LogP contribution in [-0.2, 0) is 0 Å². The van der Waals surface area contributed by atoms with E-state index in [1.54, 1.807) is 0 Å². The van der Waals surface area contributed by atoms with Crippen molar-refractivity contribution in [1.82, 2.24) is 5.32 Å². The molecule has 0 atom stereocenters. The van der Waals surface area contributed by atoms with E-state index >= 15 is 0 Å². The van der Waals surface area contributed by atoms with Gasteiger partial charge in [-0.05, 0) is 46.6 Å². The van der Waals surface area contributed by atoms with E-state index in [9.17, 15) is 5.11 Å². The molecule has 0 bridgehead atoms. The molecule has 3 heteroatoms. The fourth-order valence-electron chi connectivity index (χ4n) is 3.60. The predicted octanol–water partition coefficient (Wildman–Crippen LogP) is 3.60. The van der Waals surface area contributed by atoms with Crippen molar-refractivity contribution in [2.24, 2.45) is 0 Å². The maximum atomic E-state index is 10.8. The summed E-state index contributed by atoms with van der Waals surface area (Å²) in [6, 6.07) is 17.4. The highest BCUT2D eigenvalue weighted by Gasteiger charge is 2.33. The van der Waals surface area contributed by atoms with Crippen LogP contribution in [0.3, 0.4) is 0 Å². The summed E-state index contributed by atoms with van der Waals surface area (Å²) in [6.07, 6.45) is 1.78. The second kappa shape index (κ2) is 5.73. The molecule has 0 saturated carbocycles. The first-order valence-corrected chi connectivity index (χ1v) is 9.14. The van der Waals surface area contributed by atoms with Gasteiger partial charge in [0.05, 0.1) is 11.6 Å². The molecule has 1 saturated heterocycles. The van der Waals surface area contributed by atoms with Crippen molar-refractivity contribution in [1.29, 1.82) is 0 Å². The summed E-state index contributed by atoms with van der Waals surface area (Å²) in [5.41, 5.74) is 4.76. The highest BCUT2D eigenvalue weighted by atomic mass is 32.2. The standard InChI is InChI=1S/C19H21NOS/c21-19(9-11-22-12-10-19)13-20-18-16-7-3-1-5-14(16)15-6-2-4-8-17(15)18/h1-8,18,20-21H,9-13H2. The van der Waals surface area contributed by atoms with Gasteiger partial charge in [0, 0.05) is 6.54 Å². The van der Waals surface area contributed by atoms with Crippen LogP contribution in [0.5, 0.6) is 0 Å². The zero-order valence-electron chi connectivity index (χ0n) is 12.6. The van der Waals surface area contributed by atoms with Crippen molar-refractivity contribution >= 4 is 11.8 Å². The highest BCUT2D eigenvalue weighted by Crippen LogP contribution is 2.43. The Morgan fingerprint density at radius 2 is 1.50 bits per heavy atom. The fraction of sp³-hybridized carbons (Fsp3) is 0.368. The number of benzene rings is 2. The zero-order chi connectivity index (χ0) is 15.0.